The number of carbonyl (C=O) groups excluding carboxylic acids is 3. The Kier molecular flexibility index (Phi) is 7.95. The van der Waals surface area contributed by atoms with Gasteiger partial charge in [0.25, 0.3) is 0 Å². The highest BCUT2D eigenvalue weighted by atomic mass is 32.1. The number of nitrogens with one attached hydrogen (secondary N) is 2. The van der Waals surface area contributed by atoms with Crippen molar-refractivity contribution in [3.05, 3.63) is 58.0 Å². The summed E-state index contributed by atoms with van der Waals surface area (Å²) in [4.78, 5) is 35.9. The minimum absolute atomic E-state index is 0.0101. The second kappa shape index (κ2) is 10.5. The van der Waals surface area contributed by atoms with E-state index in [4.69, 9.17) is 0 Å². The van der Waals surface area contributed by atoms with Crippen LogP contribution in [0.3, 0.4) is 0 Å². The van der Waals surface area contributed by atoms with E-state index in [-0.39, 0.29) is 36.9 Å². The Morgan fingerprint density at radius 2 is 1.65 bits per heavy atom. The van der Waals surface area contributed by atoms with Crippen molar-refractivity contribution in [3.8, 4) is 0 Å². The summed E-state index contributed by atoms with van der Waals surface area (Å²) in [5, 5.41) is 7.24. The molecule has 0 unspecified atom stereocenters. The summed E-state index contributed by atoms with van der Waals surface area (Å²) in [7, 11) is 0. The molecular formula is C19H21FN2O3S. The number of halogens is 1. The van der Waals surface area contributed by atoms with Gasteiger partial charge in [-0.2, -0.15) is 0 Å². The highest BCUT2D eigenvalue weighted by Crippen LogP contribution is 2.12. The van der Waals surface area contributed by atoms with Gasteiger partial charge in [-0.1, -0.05) is 24.3 Å². The molecule has 1 aromatic carbocycles. The molecule has 0 saturated carbocycles. The summed E-state index contributed by atoms with van der Waals surface area (Å²) >= 11 is 1.37. The molecule has 1 aromatic heterocycles. The van der Waals surface area contributed by atoms with Gasteiger partial charge in [0.2, 0.25) is 11.8 Å². The largest absolute Gasteiger partial charge is 0.356 e. The lowest BCUT2D eigenvalue weighted by Crippen LogP contribution is -2.30. The smallest absolute Gasteiger partial charge is 0.224 e. The summed E-state index contributed by atoms with van der Waals surface area (Å²) in [5.41, 5.74) is 0.355. The van der Waals surface area contributed by atoms with Crippen LogP contribution in [0.15, 0.2) is 41.8 Å². The van der Waals surface area contributed by atoms with Crippen LogP contribution >= 0.6 is 11.3 Å². The van der Waals surface area contributed by atoms with Crippen LogP contribution in [0.2, 0.25) is 0 Å². The number of thiophene rings is 1. The maximum Gasteiger partial charge on any atom is 0.224 e. The zero-order valence-corrected chi connectivity index (χ0v) is 15.1. The number of hydrogen-bond donors (Lipinski definition) is 2. The number of benzene rings is 1. The van der Waals surface area contributed by atoms with Crippen LogP contribution in [0.5, 0.6) is 0 Å². The van der Waals surface area contributed by atoms with E-state index >= 15 is 0 Å². The number of hydrogen-bond acceptors (Lipinski definition) is 4. The van der Waals surface area contributed by atoms with Crippen molar-refractivity contribution in [1.29, 1.82) is 0 Å². The van der Waals surface area contributed by atoms with Crippen molar-refractivity contribution in [2.24, 2.45) is 0 Å². The molecule has 0 aliphatic heterocycles. The average molecular weight is 376 g/mol. The molecule has 0 spiro atoms. The maximum atomic E-state index is 13.5. The molecule has 26 heavy (non-hydrogen) atoms. The minimum atomic E-state index is -0.396. The first-order valence-electron chi connectivity index (χ1n) is 8.40. The third kappa shape index (κ3) is 6.76. The van der Waals surface area contributed by atoms with Gasteiger partial charge in [0.15, 0.2) is 5.78 Å². The van der Waals surface area contributed by atoms with E-state index in [1.807, 2.05) is 5.38 Å². The third-order valence-corrected chi connectivity index (χ3v) is 4.59. The summed E-state index contributed by atoms with van der Waals surface area (Å²) < 4.78 is 13.5. The minimum Gasteiger partial charge on any atom is -0.356 e. The zero-order chi connectivity index (χ0) is 18.8. The van der Waals surface area contributed by atoms with Gasteiger partial charge in [-0.3, -0.25) is 14.4 Å². The molecule has 5 nitrogen and oxygen atoms in total. The van der Waals surface area contributed by atoms with Crippen LogP contribution in [0.25, 0.3) is 0 Å². The van der Waals surface area contributed by atoms with Crippen LogP contribution in [-0.2, 0) is 16.0 Å². The normalized spacial score (nSPS) is 10.3. The molecule has 2 rings (SSSR count). The number of Topliss-reactive ketones (excluding diaryl/α,β-unsaturated/α-hetero) is 1. The summed E-state index contributed by atoms with van der Waals surface area (Å²) in [6.07, 6.45) is 0.888. The van der Waals surface area contributed by atoms with Gasteiger partial charge in [0.05, 0.1) is 11.3 Å². The first-order chi connectivity index (χ1) is 12.6. The van der Waals surface area contributed by atoms with Gasteiger partial charge in [0.1, 0.15) is 5.82 Å². The number of ketones is 1. The molecule has 138 valence electrons. The quantitative estimate of drug-likeness (QED) is 0.495. The van der Waals surface area contributed by atoms with E-state index in [1.165, 1.54) is 17.4 Å². The Morgan fingerprint density at radius 3 is 2.35 bits per heavy atom. The number of amides is 2. The Hall–Kier alpha value is -2.54. The lowest BCUT2D eigenvalue weighted by atomic mass is 10.1. The predicted octanol–water partition coefficient (Wildman–Crippen LogP) is 2.72. The molecule has 0 bridgehead atoms. The molecule has 0 aliphatic rings. The van der Waals surface area contributed by atoms with E-state index in [2.05, 4.69) is 10.6 Å². The maximum absolute atomic E-state index is 13.5. The molecule has 0 radical (unpaired) electrons. The second-order valence-electron chi connectivity index (χ2n) is 5.72. The van der Waals surface area contributed by atoms with Crippen molar-refractivity contribution in [2.75, 3.05) is 13.1 Å². The molecule has 7 heteroatoms. The van der Waals surface area contributed by atoms with E-state index in [0.29, 0.717) is 30.0 Å². The summed E-state index contributed by atoms with van der Waals surface area (Å²) in [6, 6.07) is 9.71. The van der Waals surface area contributed by atoms with Crippen LogP contribution < -0.4 is 10.6 Å². The highest BCUT2D eigenvalue weighted by Gasteiger charge is 2.10. The van der Waals surface area contributed by atoms with Gasteiger partial charge in [0, 0.05) is 25.9 Å². The van der Waals surface area contributed by atoms with E-state index in [0.717, 1.165) is 0 Å². The lowest BCUT2D eigenvalue weighted by molar-refractivity contribution is -0.121. The van der Waals surface area contributed by atoms with Crippen LogP contribution in [-0.4, -0.2) is 30.7 Å². The number of carbonyl (C=O) groups is 3. The fourth-order valence-corrected chi connectivity index (χ4v) is 2.99. The lowest BCUT2D eigenvalue weighted by Gasteiger charge is -2.07. The fourth-order valence-electron chi connectivity index (χ4n) is 2.30. The molecule has 1 heterocycles. The molecular weight excluding hydrogens is 355 g/mol. The monoisotopic (exact) mass is 376 g/mol. The standard InChI is InChI=1S/C19H21FN2O3S/c20-15-6-2-1-5-14(15)13-19(25)22-11-4-10-21-18(24)9-8-16(23)17-7-3-12-26-17/h1-3,5-7,12H,4,8-11,13H2,(H,21,24)(H,22,25). The molecule has 0 atom stereocenters. The van der Waals surface area contributed by atoms with E-state index in [1.54, 1.807) is 30.3 Å². The Balaban J connectivity index is 1.54. The van der Waals surface area contributed by atoms with Gasteiger partial charge >= 0.3 is 0 Å². The molecule has 2 aromatic rings. The third-order valence-electron chi connectivity index (χ3n) is 3.68. The number of rotatable bonds is 10. The Morgan fingerprint density at radius 1 is 0.923 bits per heavy atom. The van der Waals surface area contributed by atoms with Crippen LogP contribution in [0.1, 0.15) is 34.5 Å². The zero-order valence-electron chi connectivity index (χ0n) is 14.3. The first kappa shape index (κ1) is 19.8. The van der Waals surface area contributed by atoms with Gasteiger partial charge in [-0.05, 0) is 29.5 Å². The van der Waals surface area contributed by atoms with Crippen LogP contribution in [0, 0.1) is 5.82 Å². The van der Waals surface area contributed by atoms with E-state index in [9.17, 15) is 18.8 Å². The molecule has 2 N–H and O–H groups in total. The average Bonchev–Trinajstić information content (AvgIpc) is 3.16. The van der Waals surface area contributed by atoms with Gasteiger partial charge < -0.3 is 10.6 Å². The Labute approximate surface area is 155 Å². The van der Waals surface area contributed by atoms with Crippen LogP contribution in [0.4, 0.5) is 4.39 Å². The SMILES string of the molecule is O=C(CCC(=O)c1cccs1)NCCCNC(=O)Cc1ccccc1F. The summed E-state index contributed by atoms with van der Waals surface area (Å²) in [5.74, 6) is -0.877. The van der Waals surface area contributed by atoms with Crippen molar-refractivity contribution >= 4 is 28.9 Å². The van der Waals surface area contributed by atoms with Gasteiger partial charge in [-0.25, -0.2) is 4.39 Å². The molecule has 0 aliphatic carbocycles. The molecule has 0 saturated heterocycles. The molecule has 0 fully saturated rings. The molecule has 2 amide bonds. The first-order valence-corrected chi connectivity index (χ1v) is 9.27. The summed E-state index contributed by atoms with van der Waals surface area (Å²) in [6.45, 7) is 0.799. The predicted molar refractivity (Wildman–Crippen MR) is 98.6 cm³/mol. The highest BCUT2D eigenvalue weighted by molar-refractivity contribution is 7.12. The van der Waals surface area contributed by atoms with Crippen molar-refractivity contribution in [1.82, 2.24) is 10.6 Å². The van der Waals surface area contributed by atoms with Gasteiger partial charge in [-0.15, -0.1) is 11.3 Å². The van der Waals surface area contributed by atoms with Crippen molar-refractivity contribution in [3.63, 3.8) is 0 Å². The topological polar surface area (TPSA) is 75.3 Å². The van der Waals surface area contributed by atoms with Crippen molar-refractivity contribution < 1.29 is 18.8 Å². The van der Waals surface area contributed by atoms with E-state index < -0.39 is 5.82 Å². The fraction of sp³-hybridized carbons (Fsp3) is 0.316. The second-order valence-corrected chi connectivity index (χ2v) is 6.67. The van der Waals surface area contributed by atoms with Crippen molar-refractivity contribution in [2.45, 2.75) is 25.7 Å². The Bertz CT molecular complexity index is 747.